The quantitative estimate of drug-likeness (QED) is 0.719. The number of aliphatic hydroxyl groups is 1. The summed E-state index contributed by atoms with van der Waals surface area (Å²) in [6.45, 7) is 3.02. The van der Waals surface area contributed by atoms with E-state index in [1.54, 1.807) is 0 Å². The van der Waals surface area contributed by atoms with Crippen molar-refractivity contribution in [1.29, 1.82) is 0 Å². The minimum atomic E-state index is -0.229. The molecular weight excluding hydrogens is 216 g/mol. The molecule has 0 radical (unpaired) electrons. The highest BCUT2D eigenvalue weighted by molar-refractivity contribution is 5.73. The number of hydrogen-bond acceptors (Lipinski definition) is 3. The molecule has 1 saturated heterocycles. The van der Waals surface area contributed by atoms with Crippen molar-refractivity contribution < 1.29 is 9.90 Å². The second-order valence-electron chi connectivity index (χ2n) is 5.90. The average Bonchev–Trinajstić information content (AvgIpc) is 3.11. The van der Waals surface area contributed by atoms with Gasteiger partial charge < -0.3 is 15.7 Å². The zero-order chi connectivity index (χ0) is 12.3. The Morgan fingerprint density at radius 3 is 2.82 bits per heavy atom. The van der Waals surface area contributed by atoms with Crippen LogP contribution in [0.15, 0.2) is 0 Å². The first-order valence-corrected chi connectivity index (χ1v) is 6.75. The van der Waals surface area contributed by atoms with E-state index in [9.17, 15) is 9.90 Å². The fourth-order valence-corrected chi connectivity index (χ4v) is 3.06. The number of amides is 1. The number of nitrogens with zero attached hydrogens (tertiary/aromatic N) is 1. The Kier molecular flexibility index (Phi) is 4.05. The zero-order valence-electron chi connectivity index (χ0n) is 10.5. The van der Waals surface area contributed by atoms with Crippen LogP contribution in [0.4, 0.5) is 0 Å². The molecule has 98 valence electrons. The summed E-state index contributed by atoms with van der Waals surface area (Å²) in [5.41, 5.74) is 5.28. The van der Waals surface area contributed by atoms with Crippen LogP contribution < -0.4 is 5.73 Å². The van der Waals surface area contributed by atoms with Crippen LogP contribution in [0.25, 0.3) is 0 Å². The molecule has 0 aromatic rings. The summed E-state index contributed by atoms with van der Waals surface area (Å²) >= 11 is 0. The van der Waals surface area contributed by atoms with E-state index in [4.69, 9.17) is 5.73 Å². The van der Waals surface area contributed by atoms with Crippen LogP contribution in [0.5, 0.6) is 0 Å². The second-order valence-corrected chi connectivity index (χ2v) is 5.90. The summed E-state index contributed by atoms with van der Waals surface area (Å²) in [7, 11) is 0. The summed E-state index contributed by atoms with van der Waals surface area (Å²) in [4.78, 5) is 13.1. The minimum absolute atomic E-state index is 0.0943. The largest absolute Gasteiger partial charge is 0.396 e. The van der Waals surface area contributed by atoms with Gasteiger partial charge in [-0.05, 0) is 31.7 Å². The van der Waals surface area contributed by atoms with Gasteiger partial charge in [-0.2, -0.15) is 0 Å². The fraction of sp³-hybridized carbons (Fsp3) is 0.923. The van der Waals surface area contributed by atoms with Crippen molar-refractivity contribution in [2.24, 2.45) is 17.1 Å². The molecule has 2 fully saturated rings. The maximum Gasteiger partial charge on any atom is 0.218 e. The van der Waals surface area contributed by atoms with Crippen LogP contribution in [0.1, 0.15) is 38.5 Å². The Morgan fingerprint density at radius 1 is 1.47 bits per heavy atom. The predicted octanol–water partition coefficient (Wildman–Crippen LogP) is 0.736. The number of likely N-dealkylation sites (tertiary alicyclic amines) is 1. The molecular formula is C13H24N2O2. The highest BCUT2D eigenvalue weighted by atomic mass is 16.3. The molecule has 4 nitrogen and oxygen atoms in total. The summed E-state index contributed by atoms with van der Waals surface area (Å²) < 4.78 is 0. The van der Waals surface area contributed by atoms with Crippen LogP contribution in [0.3, 0.4) is 0 Å². The Balaban J connectivity index is 1.86. The van der Waals surface area contributed by atoms with E-state index in [1.807, 2.05) is 0 Å². The normalized spacial score (nSPS) is 30.4. The van der Waals surface area contributed by atoms with Crippen molar-refractivity contribution in [2.45, 2.75) is 38.5 Å². The summed E-state index contributed by atoms with van der Waals surface area (Å²) in [6, 6.07) is 0. The fourth-order valence-electron chi connectivity index (χ4n) is 3.06. The van der Waals surface area contributed by atoms with E-state index < -0.39 is 0 Å². The van der Waals surface area contributed by atoms with Gasteiger partial charge in [0.15, 0.2) is 0 Å². The smallest absolute Gasteiger partial charge is 0.218 e. The third-order valence-electron chi connectivity index (χ3n) is 4.17. The lowest BCUT2D eigenvalue weighted by Crippen LogP contribution is -2.46. The molecule has 1 aliphatic carbocycles. The van der Waals surface area contributed by atoms with E-state index in [1.165, 1.54) is 12.8 Å². The van der Waals surface area contributed by atoms with Crippen molar-refractivity contribution in [3.8, 4) is 0 Å². The van der Waals surface area contributed by atoms with Crippen molar-refractivity contribution in [3.05, 3.63) is 0 Å². The Hall–Kier alpha value is -0.610. The predicted molar refractivity (Wildman–Crippen MR) is 66.3 cm³/mol. The van der Waals surface area contributed by atoms with Crippen LogP contribution in [-0.2, 0) is 4.79 Å². The minimum Gasteiger partial charge on any atom is -0.396 e. The lowest BCUT2D eigenvalue weighted by molar-refractivity contribution is -0.118. The summed E-state index contributed by atoms with van der Waals surface area (Å²) in [6.07, 6.45) is 6.53. The number of rotatable bonds is 6. The van der Waals surface area contributed by atoms with Crippen LogP contribution in [0.2, 0.25) is 0 Å². The highest BCUT2D eigenvalue weighted by Gasteiger charge is 2.39. The molecule has 1 heterocycles. The van der Waals surface area contributed by atoms with Crippen molar-refractivity contribution in [3.63, 3.8) is 0 Å². The summed E-state index contributed by atoms with van der Waals surface area (Å²) in [5, 5.41) is 9.70. The molecule has 1 aliphatic heterocycles. The van der Waals surface area contributed by atoms with Crippen LogP contribution in [0, 0.1) is 11.3 Å². The molecule has 1 saturated carbocycles. The van der Waals surface area contributed by atoms with Crippen LogP contribution >= 0.6 is 0 Å². The topological polar surface area (TPSA) is 66.6 Å². The third-order valence-corrected chi connectivity index (χ3v) is 4.17. The Bertz CT molecular complexity index is 279. The standard InChI is InChI=1S/C13H24N2O2/c14-12(17)4-7-15-6-1-5-13(9-15,10-16)8-11-2-3-11/h11,16H,1-10H2,(H2,14,17)/t13-/m0/s1. The van der Waals surface area contributed by atoms with E-state index in [2.05, 4.69) is 4.90 Å². The lowest BCUT2D eigenvalue weighted by atomic mass is 9.76. The van der Waals surface area contributed by atoms with Crippen molar-refractivity contribution in [2.75, 3.05) is 26.2 Å². The van der Waals surface area contributed by atoms with Gasteiger partial charge in [-0.1, -0.05) is 12.8 Å². The first-order chi connectivity index (χ1) is 8.13. The molecule has 2 rings (SSSR count). The third kappa shape index (κ3) is 3.68. The lowest BCUT2D eigenvalue weighted by Gasteiger charge is -2.42. The maximum absolute atomic E-state index is 10.8. The van der Waals surface area contributed by atoms with Gasteiger partial charge >= 0.3 is 0 Å². The second kappa shape index (κ2) is 5.36. The van der Waals surface area contributed by atoms with E-state index >= 15 is 0 Å². The maximum atomic E-state index is 10.8. The van der Waals surface area contributed by atoms with Gasteiger partial charge in [0.25, 0.3) is 0 Å². The number of nitrogens with two attached hydrogens (primary N) is 1. The first-order valence-electron chi connectivity index (χ1n) is 6.75. The van der Waals surface area contributed by atoms with Gasteiger partial charge in [-0.25, -0.2) is 0 Å². The summed E-state index contributed by atoms with van der Waals surface area (Å²) in [5.74, 6) is 0.616. The van der Waals surface area contributed by atoms with E-state index in [0.29, 0.717) is 6.42 Å². The van der Waals surface area contributed by atoms with Crippen molar-refractivity contribution in [1.82, 2.24) is 4.90 Å². The number of hydrogen-bond donors (Lipinski definition) is 2. The number of primary amides is 1. The monoisotopic (exact) mass is 240 g/mol. The number of carbonyl (C=O) groups excluding carboxylic acids is 1. The SMILES string of the molecule is NC(=O)CCN1CCC[C@](CO)(CC2CC2)C1. The molecule has 0 unspecified atom stereocenters. The molecule has 3 N–H and O–H groups in total. The molecule has 1 atom stereocenters. The molecule has 0 spiro atoms. The molecule has 2 aliphatic rings. The van der Waals surface area contributed by atoms with Gasteiger partial charge in [0.05, 0.1) is 0 Å². The zero-order valence-corrected chi connectivity index (χ0v) is 10.5. The number of aliphatic hydroxyl groups excluding tert-OH is 1. The molecule has 17 heavy (non-hydrogen) atoms. The number of piperidine rings is 1. The molecule has 0 aromatic carbocycles. The van der Waals surface area contributed by atoms with E-state index in [-0.39, 0.29) is 17.9 Å². The van der Waals surface area contributed by atoms with Gasteiger partial charge in [-0.15, -0.1) is 0 Å². The van der Waals surface area contributed by atoms with Gasteiger partial charge in [0, 0.05) is 31.5 Å². The average molecular weight is 240 g/mol. The van der Waals surface area contributed by atoms with Gasteiger partial charge in [0.2, 0.25) is 5.91 Å². The Labute approximate surface area is 103 Å². The Morgan fingerprint density at radius 2 is 2.24 bits per heavy atom. The van der Waals surface area contributed by atoms with Crippen LogP contribution in [-0.4, -0.2) is 42.2 Å². The van der Waals surface area contributed by atoms with Crippen molar-refractivity contribution >= 4 is 5.91 Å². The van der Waals surface area contributed by atoms with E-state index in [0.717, 1.165) is 44.8 Å². The molecule has 0 aromatic heterocycles. The molecule has 4 heteroatoms. The highest BCUT2D eigenvalue weighted by Crippen LogP contribution is 2.44. The molecule has 0 bridgehead atoms. The molecule has 1 amide bonds. The van der Waals surface area contributed by atoms with Gasteiger partial charge in [0.1, 0.15) is 0 Å². The van der Waals surface area contributed by atoms with Gasteiger partial charge in [-0.3, -0.25) is 4.79 Å². The number of carbonyl (C=O) groups is 1. The first kappa shape index (κ1) is 12.8.